The second-order valence-corrected chi connectivity index (χ2v) is 4.17. The number of carbonyl (C=O) groups excluding carboxylic acids is 2. The topological polar surface area (TPSA) is 43.4 Å². The lowest BCUT2D eigenvalue weighted by molar-refractivity contribution is -0.140. The number of rotatable bonds is 3. The van der Waals surface area contributed by atoms with Crippen LogP contribution in [0.25, 0.3) is 6.08 Å². The molecular weight excluding hydrogens is 216 g/mol. The van der Waals surface area contributed by atoms with Gasteiger partial charge >= 0.3 is 5.97 Å². The summed E-state index contributed by atoms with van der Waals surface area (Å²) >= 11 is 0. The molecule has 0 unspecified atom stereocenters. The van der Waals surface area contributed by atoms with E-state index in [1.807, 2.05) is 31.2 Å². The van der Waals surface area contributed by atoms with Crippen molar-refractivity contribution < 1.29 is 14.3 Å². The number of benzene rings is 1. The summed E-state index contributed by atoms with van der Waals surface area (Å²) in [7, 11) is 0. The molecule has 1 aliphatic rings. The van der Waals surface area contributed by atoms with Gasteiger partial charge in [0.25, 0.3) is 0 Å². The van der Waals surface area contributed by atoms with Gasteiger partial charge in [-0.3, -0.25) is 9.59 Å². The Labute approximate surface area is 100 Å². The fraction of sp³-hybridized carbons (Fsp3) is 0.286. The molecule has 0 saturated carbocycles. The predicted octanol–water partition coefficient (Wildman–Crippen LogP) is 2.39. The lowest BCUT2D eigenvalue weighted by atomic mass is 10.0. The Balaban J connectivity index is 2.09. The van der Waals surface area contributed by atoms with E-state index in [4.69, 9.17) is 4.74 Å². The van der Waals surface area contributed by atoms with Gasteiger partial charge in [0.2, 0.25) is 0 Å². The Kier molecular flexibility index (Phi) is 3.09. The molecule has 1 aromatic rings. The van der Waals surface area contributed by atoms with E-state index >= 15 is 0 Å². The quantitative estimate of drug-likeness (QED) is 0.749. The molecule has 0 bridgehead atoms. The molecule has 0 fully saturated rings. The number of carbonyl (C=O) groups is 2. The lowest BCUT2D eigenvalue weighted by Gasteiger charge is -2.04. The third kappa shape index (κ3) is 2.44. The average molecular weight is 230 g/mol. The molecule has 1 aromatic carbocycles. The van der Waals surface area contributed by atoms with Gasteiger partial charge in [0.05, 0.1) is 6.61 Å². The van der Waals surface area contributed by atoms with Gasteiger partial charge in [-0.05, 0) is 35.8 Å². The predicted molar refractivity (Wildman–Crippen MR) is 64.8 cm³/mol. The Morgan fingerprint density at radius 1 is 1.35 bits per heavy atom. The molecule has 2 rings (SSSR count). The van der Waals surface area contributed by atoms with Crippen LogP contribution in [0.15, 0.2) is 23.8 Å². The van der Waals surface area contributed by atoms with E-state index in [2.05, 4.69) is 0 Å². The SMILES string of the molecule is CC(=O)OCCc1ccc2c(c1)C(=O)C(C)=C2. The maximum atomic E-state index is 11.8. The Hall–Kier alpha value is -1.90. The molecule has 0 spiro atoms. The minimum absolute atomic E-state index is 0.0920. The van der Waals surface area contributed by atoms with Crippen molar-refractivity contribution >= 4 is 17.8 Å². The van der Waals surface area contributed by atoms with Crippen molar-refractivity contribution in [3.63, 3.8) is 0 Å². The van der Waals surface area contributed by atoms with Crippen LogP contribution in [0.5, 0.6) is 0 Å². The first-order chi connectivity index (χ1) is 8.08. The lowest BCUT2D eigenvalue weighted by Crippen LogP contribution is -2.04. The van der Waals surface area contributed by atoms with E-state index in [9.17, 15) is 9.59 Å². The van der Waals surface area contributed by atoms with Crippen molar-refractivity contribution in [2.75, 3.05) is 6.61 Å². The van der Waals surface area contributed by atoms with Crippen molar-refractivity contribution in [2.45, 2.75) is 20.3 Å². The molecule has 0 radical (unpaired) electrons. The number of fused-ring (bicyclic) bond motifs is 1. The molecule has 88 valence electrons. The summed E-state index contributed by atoms with van der Waals surface area (Å²) in [5.41, 5.74) is 3.52. The summed E-state index contributed by atoms with van der Waals surface area (Å²) in [6.45, 7) is 3.56. The van der Waals surface area contributed by atoms with Gasteiger partial charge in [0.1, 0.15) is 0 Å². The zero-order valence-corrected chi connectivity index (χ0v) is 9.95. The smallest absolute Gasteiger partial charge is 0.302 e. The van der Waals surface area contributed by atoms with Crippen molar-refractivity contribution in [3.05, 3.63) is 40.5 Å². The summed E-state index contributed by atoms with van der Waals surface area (Å²) in [5, 5.41) is 0. The Bertz CT molecular complexity index is 512. The third-order valence-electron chi connectivity index (χ3n) is 2.79. The molecule has 0 saturated heterocycles. The minimum atomic E-state index is -0.278. The normalized spacial score (nSPS) is 13.3. The second kappa shape index (κ2) is 4.53. The Morgan fingerprint density at radius 3 is 2.82 bits per heavy atom. The number of Topliss-reactive ketones (excluding diaryl/α,β-unsaturated/α-hetero) is 1. The fourth-order valence-electron chi connectivity index (χ4n) is 1.91. The van der Waals surface area contributed by atoms with Crippen LogP contribution in [0.2, 0.25) is 0 Å². The zero-order chi connectivity index (χ0) is 12.4. The van der Waals surface area contributed by atoms with Crippen LogP contribution < -0.4 is 0 Å². The summed E-state index contributed by atoms with van der Waals surface area (Å²) in [6.07, 6.45) is 2.53. The molecule has 1 aliphatic carbocycles. The van der Waals surface area contributed by atoms with E-state index < -0.39 is 0 Å². The largest absolute Gasteiger partial charge is 0.466 e. The zero-order valence-electron chi connectivity index (χ0n) is 9.95. The van der Waals surface area contributed by atoms with Gasteiger partial charge in [-0.2, -0.15) is 0 Å². The third-order valence-corrected chi connectivity index (χ3v) is 2.79. The van der Waals surface area contributed by atoms with Crippen LogP contribution in [0.3, 0.4) is 0 Å². The van der Waals surface area contributed by atoms with E-state index in [-0.39, 0.29) is 11.8 Å². The summed E-state index contributed by atoms with van der Waals surface area (Å²) < 4.78 is 4.88. The summed E-state index contributed by atoms with van der Waals surface area (Å²) in [4.78, 5) is 22.4. The highest BCUT2D eigenvalue weighted by molar-refractivity contribution is 6.17. The van der Waals surface area contributed by atoms with Gasteiger partial charge in [-0.25, -0.2) is 0 Å². The average Bonchev–Trinajstić information content (AvgIpc) is 2.55. The van der Waals surface area contributed by atoms with Gasteiger partial charge in [0.15, 0.2) is 5.78 Å². The van der Waals surface area contributed by atoms with Gasteiger partial charge in [-0.1, -0.05) is 12.1 Å². The summed E-state index contributed by atoms with van der Waals surface area (Å²) in [5.74, 6) is -0.186. The molecule has 0 amide bonds. The number of hydrogen-bond donors (Lipinski definition) is 0. The van der Waals surface area contributed by atoms with E-state index in [1.54, 1.807) is 0 Å². The van der Waals surface area contributed by atoms with Crippen LogP contribution in [0, 0.1) is 0 Å². The molecule has 3 heteroatoms. The highest BCUT2D eigenvalue weighted by atomic mass is 16.5. The van der Waals surface area contributed by atoms with Crippen LogP contribution in [0.4, 0.5) is 0 Å². The van der Waals surface area contributed by atoms with E-state index in [0.29, 0.717) is 13.0 Å². The van der Waals surface area contributed by atoms with E-state index in [1.165, 1.54) is 6.92 Å². The number of esters is 1. The Morgan fingerprint density at radius 2 is 2.12 bits per heavy atom. The van der Waals surface area contributed by atoms with Crippen LogP contribution in [-0.2, 0) is 16.0 Å². The molecule has 0 atom stereocenters. The van der Waals surface area contributed by atoms with Crippen LogP contribution in [0.1, 0.15) is 35.3 Å². The maximum absolute atomic E-state index is 11.8. The number of ketones is 1. The van der Waals surface area contributed by atoms with Crippen molar-refractivity contribution in [3.8, 4) is 0 Å². The van der Waals surface area contributed by atoms with Gasteiger partial charge in [0, 0.05) is 18.9 Å². The maximum Gasteiger partial charge on any atom is 0.302 e. The standard InChI is InChI=1S/C14H14O3/c1-9-7-12-4-3-11(5-6-17-10(2)15)8-13(12)14(9)16/h3-4,7-8H,5-6H2,1-2H3. The molecule has 3 nitrogen and oxygen atoms in total. The highest BCUT2D eigenvalue weighted by Gasteiger charge is 2.19. The molecule has 17 heavy (non-hydrogen) atoms. The number of allylic oxidation sites excluding steroid dienone is 1. The monoisotopic (exact) mass is 230 g/mol. The molecule has 0 heterocycles. The van der Waals surface area contributed by atoms with Crippen LogP contribution >= 0.6 is 0 Å². The highest BCUT2D eigenvalue weighted by Crippen LogP contribution is 2.25. The van der Waals surface area contributed by atoms with Crippen molar-refractivity contribution in [1.29, 1.82) is 0 Å². The summed E-state index contributed by atoms with van der Waals surface area (Å²) in [6, 6.07) is 5.78. The first-order valence-corrected chi connectivity index (χ1v) is 5.57. The molecule has 0 aliphatic heterocycles. The van der Waals surface area contributed by atoms with Crippen LogP contribution in [-0.4, -0.2) is 18.4 Å². The first kappa shape index (κ1) is 11.6. The molecular formula is C14H14O3. The number of hydrogen-bond acceptors (Lipinski definition) is 3. The van der Waals surface area contributed by atoms with Crippen molar-refractivity contribution in [1.82, 2.24) is 0 Å². The minimum Gasteiger partial charge on any atom is -0.466 e. The molecule has 0 N–H and O–H groups in total. The molecule has 0 aromatic heterocycles. The first-order valence-electron chi connectivity index (χ1n) is 5.57. The van der Waals surface area contributed by atoms with Crippen molar-refractivity contribution in [2.24, 2.45) is 0 Å². The van der Waals surface area contributed by atoms with Gasteiger partial charge in [-0.15, -0.1) is 0 Å². The second-order valence-electron chi connectivity index (χ2n) is 4.17. The van der Waals surface area contributed by atoms with Gasteiger partial charge < -0.3 is 4.74 Å². The van der Waals surface area contributed by atoms with E-state index in [0.717, 1.165) is 22.3 Å². The fourth-order valence-corrected chi connectivity index (χ4v) is 1.91. The number of ether oxygens (including phenoxy) is 1.